The highest BCUT2D eigenvalue weighted by Crippen LogP contribution is 2.33. The summed E-state index contributed by atoms with van der Waals surface area (Å²) in [5, 5.41) is 0. The number of nitrogens with zero attached hydrogens (tertiary/aromatic N) is 4. The van der Waals surface area contributed by atoms with Crippen molar-refractivity contribution in [3.63, 3.8) is 0 Å². The number of amides is 1. The quantitative estimate of drug-likeness (QED) is 0.703. The molecule has 1 aromatic carbocycles. The molecule has 172 valence electrons. The lowest BCUT2D eigenvalue weighted by molar-refractivity contribution is -0.152. The van der Waals surface area contributed by atoms with Crippen LogP contribution in [-0.2, 0) is 22.5 Å². The highest BCUT2D eigenvalue weighted by Gasteiger charge is 2.36. The molecule has 0 radical (unpaired) electrons. The molecular formula is C25H33FN4O2. The van der Waals surface area contributed by atoms with E-state index in [1.165, 1.54) is 17.7 Å². The number of fused-ring (bicyclic) bond motifs is 1. The van der Waals surface area contributed by atoms with E-state index in [0.29, 0.717) is 13.1 Å². The number of benzene rings is 1. The van der Waals surface area contributed by atoms with Crippen LogP contribution in [0.15, 0.2) is 24.3 Å². The van der Waals surface area contributed by atoms with Crippen LogP contribution >= 0.6 is 0 Å². The van der Waals surface area contributed by atoms with Crippen LogP contribution in [0.3, 0.4) is 0 Å². The number of carbonyl (C=O) groups is 1. The summed E-state index contributed by atoms with van der Waals surface area (Å²) in [5.74, 6) is 1.71. The smallest absolute Gasteiger partial charge is 0.254 e. The van der Waals surface area contributed by atoms with E-state index in [9.17, 15) is 9.18 Å². The molecule has 0 aliphatic carbocycles. The second-order valence-electron chi connectivity index (χ2n) is 9.43. The third kappa shape index (κ3) is 4.63. The first kappa shape index (κ1) is 22.6. The molecule has 2 aliphatic rings. The molecule has 0 spiro atoms. The number of likely N-dealkylation sites (tertiary alicyclic amines) is 1. The van der Waals surface area contributed by atoms with Crippen molar-refractivity contribution in [1.82, 2.24) is 14.9 Å². The maximum Gasteiger partial charge on any atom is 0.254 e. The van der Waals surface area contributed by atoms with Crippen LogP contribution in [0.5, 0.6) is 0 Å². The largest absolute Gasteiger partial charge is 0.369 e. The van der Waals surface area contributed by atoms with Gasteiger partial charge in [0.25, 0.3) is 5.91 Å². The van der Waals surface area contributed by atoms with Crippen LogP contribution in [-0.4, -0.2) is 53.1 Å². The number of piperidine rings is 1. The minimum absolute atomic E-state index is 0.0114. The van der Waals surface area contributed by atoms with Crippen LogP contribution < -0.4 is 4.90 Å². The molecule has 0 unspecified atom stereocenters. The predicted molar refractivity (Wildman–Crippen MR) is 122 cm³/mol. The van der Waals surface area contributed by atoms with Gasteiger partial charge in [-0.1, -0.05) is 12.1 Å². The molecule has 0 N–H and O–H groups in total. The lowest BCUT2D eigenvalue weighted by Crippen LogP contribution is -2.49. The lowest BCUT2D eigenvalue weighted by atomic mass is 9.94. The number of anilines is 1. The minimum atomic E-state index is -0.833. The molecule has 1 atom stereocenters. The van der Waals surface area contributed by atoms with E-state index in [2.05, 4.69) is 11.8 Å². The molecule has 3 heterocycles. The van der Waals surface area contributed by atoms with E-state index in [1.807, 2.05) is 30.9 Å². The van der Waals surface area contributed by atoms with E-state index in [1.54, 1.807) is 7.11 Å². The fourth-order valence-electron chi connectivity index (χ4n) is 4.70. The van der Waals surface area contributed by atoms with E-state index in [-0.39, 0.29) is 17.6 Å². The van der Waals surface area contributed by atoms with Gasteiger partial charge in [-0.3, -0.25) is 4.79 Å². The molecule has 0 saturated carbocycles. The van der Waals surface area contributed by atoms with E-state index in [0.717, 1.165) is 61.7 Å². The average Bonchev–Trinajstić information content (AvgIpc) is 2.80. The highest BCUT2D eigenvalue weighted by molar-refractivity contribution is 5.84. The first-order chi connectivity index (χ1) is 15.3. The third-order valence-corrected chi connectivity index (χ3v) is 6.75. The molecule has 32 heavy (non-hydrogen) atoms. The molecule has 2 aromatic rings. The molecule has 0 bridgehead atoms. The van der Waals surface area contributed by atoms with Crippen molar-refractivity contribution in [3.05, 3.63) is 52.7 Å². The fourth-order valence-corrected chi connectivity index (χ4v) is 4.70. The fraction of sp³-hybridized carbons (Fsp3) is 0.560. The van der Waals surface area contributed by atoms with Gasteiger partial charge in [-0.25, -0.2) is 14.4 Å². The van der Waals surface area contributed by atoms with E-state index in [4.69, 9.17) is 14.7 Å². The standard InChI is InChI=1S/C25H33FN4O2/c1-17-21-8-6-13-29(15-18-9-11-20(26)12-10-18)23(21)28-22(27-17)19-7-5-14-30(16-19)24(31)25(2,3)32-4/h9-12,19H,5-8,13-16H2,1-4H3/t19-/m0/s1. The van der Waals surface area contributed by atoms with Gasteiger partial charge in [0.2, 0.25) is 0 Å². The summed E-state index contributed by atoms with van der Waals surface area (Å²) in [7, 11) is 1.57. The number of methoxy groups -OCH3 is 1. The van der Waals surface area contributed by atoms with Gasteiger partial charge in [0.15, 0.2) is 0 Å². The SMILES string of the molecule is COC(C)(C)C(=O)N1CCC[C@H](c2nc(C)c3c(n2)N(Cc2ccc(F)cc2)CCC3)C1. The van der Waals surface area contributed by atoms with Gasteiger partial charge in [0, 0.05) is 50.5 Å². The Morgan fingerprint density at radius 1 is 1.19 bits per heavy atom. The highest BCUT2D eigenvalue weighted by atomic mass is 19.1. The van der Waals surface area contributed by atoms with Crippen LogP contribution in [0, 0.1) is 12.7 Å². The van der Waals surface area contributed by atoms with Crippen molar-refractivity contribution in [3.8, 4) is 0 Å². The number of carbonyl (C=O) groups excluding carboxylic acids is 1. The van der Waals surface area contributed by atoms with Gasteiger partial charge < -0.3 is 14.5 Å². The number of aryl methyl sites for hydroxylation is 1. The predicted octanol–water partition coefficient (Wildman–Crippen LogP) is 4.01. The van der Waals surface area contributed by atoms with Gasteiger partial charge in [-0.15, -0.1) is 0 Å². The Morgan fingerprint density at radius 3 is 2.66 bits per heavy atom. The maximum absolute atomic E-state index is 13.3. The molecule has 4 rings (SSSR count). The van der Waals surface area contributed by atoms with Crippen LogP contribution in [0.1, 0.15) is 61.7 Å². The number of halogens is 1. The number of ether oxygens (including phenoxy) is 1. The van der Waals surface area contributed by atoms with Gasteiger partial charge in [-0.2, -0.15) is 0 Å². The van der Waals surface area contributed by atoms with Crippen molar-refractivity contribution in [1.29, 1.82) is 0 Å². The zero-order chi connectivity index (χ0) is 22.9. The van der Waals surface area contributed by atoms with Crippen LogP contribution in [0.2, 0.25) is 0 Å². The van der Waals surface area contributed by atoms with Gasteiger partial charge >= 0.3 is 0 Å². The Morgan fingerprint density at radius 2 is 1.94 bits per heavy atom. The lowest BCUT2D eigenvalue weighted by Gasteiger charge is -2.37. The monoisotopic (exact) mass is 440 g/mol. The van der Waals surface area contributed by atoms with Crippen molar-refractivity contribution >= 4 is 11.7 Å². The Balaban J connectivity index is 1.59. The van der Waals surface area contributed by atoms with Crippen molar-refractivity contribution in [2.24, 2.45) is 0 Å². The zero-order valence-corrected chi connectivity index (χ0v) is 19.5. The van der Waals surface area contributed by atoms with Crippen LogP contribution in [0.4, 0.5) is 10.2 Å². The maximum atomic E-state index is 13.3. The summed E-state index contributed by atoms with van der Waals surface area (Å²) in [4.78, 5) is 27.0. The Hall–Kier alpha value is -2.54. The summed E-state index contributed by atoms with van der Waals surface area (Å²) < 4.78 is 18.7. The molecular weight excluding hydrogens is 407 g/mol. The van der Waals surface area contributed by atoms with Gasteiger partial charge in [-0.05, 0) is 64.2 Å². The number of hydrogen-bond acceptors (Lipinski definition) is 5. The first-order valence-electron chi connectivity index (χ1n) is 11.5. The first-order valence-corrected chi connectivity index (χ1v) is 11.5. The normalized spacial score (nSPS) is 19.1. The summed E-state index contributed by atoms with van der Waals surface area (Å²) in [6, 6.07) is 6.68. The van der Waals surface area contributed by atoms with Crippen molar-refractivity contribution in [2.45, 2.75) is 64.5 Å². The van der Waals surface area contributed by atoms with E-state index >= 15 is 0 Å². The van der Waals surface area contributed by atoms with Gasteiger partial charge in [0.05, 0.1) is 0 Å². The summed E-state index contributed by atoms with van der Waals surface area (Å²) in [5.41, 5.74) is 2.45. The molecule has 1 amide bonds. The second-order valence-corrected chi connectivity index (χ2v) is 9.43. The molecule has 6 nitrogen and oxygen atoms in total. The molecule has 7 heteroatoms. The van der Waals surface area contributed by atoms with Crippen LogP contribution in [0.25, 0.3) is 0 Å². The van der Waals surface area contributed by atoms with Crippen molar-refractivity contribution < 1.29 is 13.9 Å². The zero-order valence-electron chi connectivity index (χ0n) is 19.5. The Kier molecular flexibility index (Phi) is 6.47. The average molecular weight is 441 g/mol. The molecule has 1 saturated heterocycles. The second kappa shape index (κ2) is 9.14. The molecule has 1 aromatic heterocycles. The molecule has 2 aliphatic heterocycles. The third-order valence-electron chi connectivity index (χ3n) is 6.75. The Bertz CT molecular complexity index is 977. The topological polar surface area (TPSA) is 58.6 Å². The summed E-state index contributed by atoms with van der Waals surface area (Å²) in [6.45, 7) is 8.64. The molecule has 1 fully saturated rings. The van der Waals surface area contributed by atoms with Crippen molar-refractivity contribution in [2.75, 3.05) is 31.6 Å². The number of rotatable bonds is 5. The number of aromatic nitrogens is 2. The summed E-state index contributed by atoms with van der Waals surface area (Å²) >= 11 is 0. The summed E-state index contributed by atoms with van der Waals surface area (Å²) in [6.07, 6.45) is 3.91. The number of hydrogen-bond donors (Lipinski definition) is 0. The Labute approximate surface area is 189 Å². The van der Waals surface area contributed by atoms with Gasteiger partial charge in [0.1, 0.15) is 23.1 Å². The van der Waals surface area contributed by atoms with E-state index < -0.39 is 5.60 Å². The minimum Gasteiger partial charge on any atom is -0.369 e.